The van der Waals surface area contributed by atoms with Gasteiger partial charge in [0.05, 0.1) is 6.26 Å². The molecule has 7 heteroatoms. The van der Waals surface area contributed by atoms with Crippen molar-refractivity contribution in [2.45, 2.75) is 18.4 Å². The molecule has 0 saturated carbocycles. The second-order valence-electron chi connectivity index (χ2n) is 6.31. The summed E-state index contributed by atoms with van der Waals surface area (Å²) in [7, 11) is 0. The summed E-state index contributed by atoms with van der Waals surface area (Å²) in [5.41, 5.74) is 0.771. The number of nitrogens with one attached hydrogen (secondary N) is 2. The highest BCUT2D eigenvalue weighted by atomic mass is 16.3. The molecule has 2 aliphatic rings. The van der Waals surface area contributed by atoms with Crippen molar-refractivity contribution < 1.29 is 18.8 Å². The van der Waals surface area contributed by atoms with Gasteiger partial charge in [0.1, 0.15) is 5.54 Å². The van der Waals surface area contributed by atoms with Crippen LogP contribution in [0.1, 0.15) is 23.4 Å². The van der Waals surface area contributed by atoms with Crippen LogP contribution in [0.2, 0.25) is 0 Å². The second kappa shape index (κ2) is 5.77. The summed E-state index contributed by atoms with van der Waals surface area (Å²) >= 11 is 0. The minimum Gasteiger partial charge on any atom is -0.459 e. The molecule has 7 nitrogen and oxygen atoms in total. The number of imide groups is 1. The molecule has 0 atom stereocenters. The first kappa shape index (κ1) is 15.4. The Morgan fingerprint density at radius 2 is 1.80 bits per heavy atom. The number of hydrogen-bond donors (Lipinski definition) is 2. The molecule has 0 unspecified atom stereocenters. The lowest BCUT2D eigenvalue weighted by atomic mass is 9.87. The maximum Gasteiger partial charge on any atom is 0.322 e. The molecule has 2 saturated heterocycles. The van der Waals surface area contributed by atoms with Crippen molar-refractivity contribution in [1.29, 1.82) is 0 Å². The molecule has 2 fully saturated rings. The molecule has 4 amide bonds. The summed E-state index contributed by atoms with van der Waals surface area (Å²) in [4.78, 5) is 37.9. The number of nitrogens with zero attached hydrogens (tertiary/aromatic N) is 1. The first-order valence-corrected chi connectivity index (χ1v) is 8.15. The fraction of sp³-hybridized carbons (Fsp3) is 0.278. The van der Waals surface area contributed by atoms with Crippen LogP contribution in [0.15, 0.2) is 47.1 Å². The Morgan fingerprint density at radius 1 is 1.08 bits per heavy atom. The van der Waals surface area contributed by atoms with E-state index in [1.165, 1.54) is 6.26 Å². The summed E-state index contributed by atoms with van der Waals surface area (Å²) in [6, 6.07) is 10.9. The number of likely N-dealkylation sites (tertiary alicyclic amines) is 1. The van der Waals surface area contributed by atoms with Gasteiger partial charge in [0.2, 0.25) is 0 Å². The average Bonchev–Trinajstić information content (AvgIpc) is 3.21. The molecule has 4 rings (SSSR count). The van der Waals surface area contributed by atoms with Gasteiger partial charge in [-0.1, -0.05) is 30.3 Å². The summed E-state index contributed by atoms with van der Waals surface area (Å²) in [6.45, 7) is 0.753. The lowest BCUT2D eigenvalue weighted by molar-refractivity contribution is -0.125. The van der Waals surface area contributed by atoms with Crippen molar-refractivity contribution in [1.82, 2.24) is 15.5 Å². The summed E-state index contributed by atoms with van der Waals surface area (Å²) < 4.78 is 5.45. The summed E-state index contributed by atoms with van der Waals surface area (Å²) in [5, 5.41) is 4.96. The minimum absolute atomic E-state index is 0.205. The van der Waals surface area contributed by atoms with Crippen LogP contribution in [0.5, 0.6) is 0 Å². The number of hydrogen-bond acceptors (Lipinski definition) is 4. The van der Waals surface area contributed by atoms with E-state index >= 15 is 0 Å². The zero-order chi connectivity index (χ0) is 17.4. The topological polar surface area (TPSA) is 91.7 Å². The van der Waals surface area contributed by atoms with E-state index < -0.39 is 11.6 Å². The van der Waals surface area contributed by atoms with E-state index in [2.05, 4.69) is 10.6 Å². The van der Waals surface area contributed by atoms with Gasteiger partial charge in [0, 0.05) is 18.7 Å². The molecular formula is C18H17N3O4. The highest BCUT2D eigenvalue weighted by molar-refractivity contribution is 6.07. The lowest BCUT2D eigenvalue weighted by Crippen LogP contribution is -2.55. The predicted molar refractivity (Wildman–Crippen MR) is 88.7 cm³/mol. The number of benzene rings is 1. The highest BCUT2D eigenvalue weighted by Crippen LogP contribution is 2.29. The highest BCUT2D eigenvalue weighted by Gasteiger charge is 2.48. The maximum atomic E-state index is 12.8. The zero-order valence-corrected chi connectivity index (χ0v) is 13.5. The van der Waals surface area contributed by atoms with Gasteiger partial charge >= 0.3 is 6.03 Å². The van der Waals surface area contributed by atoms with Crippen molar-refractivity contribution in [3.63, 3.8) is 0 Å². The third-order valence-corrected chi connectivity index (χ3v) is 4.86. The van der Waals surface area contributed by atoms with Crippen LogP contribution in [0.25, 0.3) is 11.1 Å². The van der Waals surface area contributed by atoms with Gasteiger partial charge in [-0.05, 0) is 24.5 Å². The Labute approximate surface area is 144 Å². The Bertz CT molecular complexity index is 835. The lowest BCUT2D eigenvalue weighted by Gasteiger charge is -2.36. The van der Waals surface area contributed by atoms with E-state index in [-0.39, 0.29) is 11.8 Å². The molecule has 0 aliphatic carbocycles. The standard InChI is InChI=1S/C18H17N3O4/c22-15(14-13(6-11-25-14)12-4-2-1-3-5-12)21-9-7-18(8-10-21)16(23)19-17(24)20-18/h1-6,11H,7-10H2,(H2,19,20,23,24). The summed E-state index contributed by atoms with van der Waals surface area (Å²) in [5.74, 6) is -0.224. The van der Waals surface area contributed by atoms with Crippen molar-refractivity contribution in [3.05, 3.63) is 48.4 Å². The quantitative estimate of drug-likeness (QED) is 0.816. The molecule has 2 aromatic rings. The van der Waals surface area contributed by atoms with Gasteiger partial charge < -0.3 is 14.6 Å². The second-order valence-corrected chi connectivity index (χ2v) is 6.31. The molecule has 3 heterocycles. The van der Waals surface area contributed by atoms with Crippen molar-refractivity contribution in [3.8, 4) is 11.1 Å². The summed E-state index contributed by atoms with van der Waals surface area (Å²) in [6.07, 6.45) is 2.28. The first-order chi connectivity index (χ1) is 12.1. The van der Waals surface area contributed by atoms with Gasteiger partial charge in [0.25, 0.3) is 11.8 Å². The van der Waals surface area contributed by atoms with Crippen LogP contribution in [-0.4, -0.2) is 41.4 Å². The van der Waals surface area contributed by atoms with Gasteiger partial charge in [-0.3, -0.25) is 14.9 Å². The molecule has 1 aromatic heterocycles. The normalized spacial score (nSPS) is 19.0. The first-order valence-electron chi connectivity index (χ1n) is 8.15. The van der Waals surface area contributed by atoms with E-state index in [1.807, 2.05) is 30.3 Å². The van der Waals surface area contributed by atoms with E-state index in [0.717, 1.165) is 11.1 Å². The number of urea groups is 1. The Morgan fingerprint density at radius 3 is 2.44 bits per heavy atom. The van der Waals surface area contributed by atoms with Crippen molar-refractivity contribution in [2.75, 3.05) is 13.1 Å². The number of piperidine rings is 1. The molecule has 1 aromatic carbocycles. The Balaban J connectivity index is 1.52. The van der Waals surface area contributed by atoms with E-state index in [0.29, 0.717) is 31.7 Å². The van der Waals surface area contributed by atoms with Gasteiger partial charge in [-0.2, -0.15) is 0 Å². The fourth-order valence-electron chi connectivity index (χ4n) is 3.44. The molecule has 128 valence electrons. The van der Waals surface area contributed by atoms with E-state index in [9.17, 15) is 14.4 Å². The number of furan rings is 1. The van der Waals surface area contributed by atoms with Gasteiger partial charge in [-0.15, -0.1) is 0 Å². The van der Waals surface area contributed by atoms with Crippen LogP contribution < -0.4 is 10.6 Å². The molecule has 2 aliphatic heterocycles. The smallest absolute Gasteiger partial charge is 0.322 e. The SMILES string of the molecule is O=C1NC(=O)C2(CCN(C(=O)c3occc3-c3ccccc3)CC2)N1. The van der Waals surface area contributed by atoms with E-state index in [4.69, 9.17) is 4.42 Å². The predicted octanol–water partition coefficient (Wildman–Crippen LogP) is 1.76. The molecule has 0 radical (unpaired) electrons. The minimum atomic E-state index is -0.890. The molecule has 0 bridgehead atoms. The third-order valence-electron chi connectivity index (χ3n) is 4.86. The fourth-order valence-corrected chi connectivity index (χ4v) is 3.44. The number of amides is 4. The monoisotopic (exact) mass is 339 g/mol. The van der Waals surface area contributed by atoms with Crippen LogP contribution in [0, 0.1) is 0 Å². The number of carbonyl (C=O) groups is 3. The molecule has 2 N–H and O–H groups in total. The van der Waals surface area contributed by atoms with Crippen LogP contribution >= 0.6 is 0 Å². The molecular weight excluding hydrogens is 322 g/mol. The molecule has 25 heavy (non-hydrogen) atoms. The Hall–Kier alpha value is -3.09. The van der Waals surface area contributed by atoms with Gasteiger partial charge in [0.15, 0.2) is 5.76 Å². The maximum absolute atomic E-state index is 12.8. The number of rotatable bonds is 2. The van der Waals surface area contributed by atoms with Crippen LogP contribution in [-0.2, 0) is 4.79 Å². The largest absolute Gasteiger partial charge is 0.459 e. The number of carbonyl (C=O) groups excluding carboxylic acids is 3. The van der Waals surface area contributed by atoms with Crippen LogP contribution in [0.3, 0.4) is 0 Å². The van der Waals surface area contributed by atoms with Gasteiger partial charge in [-0.25, -0.2) is 4.79 Å². The van der Waals surface area contributed by atoms with Crippen molar-refractivity contribution in [2.24, 2.45) is 0 Å². The Kier molecular flexibility index (Phi) is 3.56. The molecule has 1 spiro atoms. The van der Waals surface area contributed by atoms with Crippen LogP contribution in [0.4, 0.5) is 4.79 Å². The van der Waals surface area contributed by atoms with E-state index in [1.54, 1.807) is 11.0 Å². The average molecular weight is 339 g/mol. The third kappa shape index (κ3) is 2.57. The van der Waals surface area contributed by atoms with Crippen molar-refractivity contribution >= 4 is 17.8 Å². The zero-order valence-electron chi connectivity index (χ0n) is 13.5.